The zero-order chi connectivity index (χ0) is 12.9. The van der Waals surface area contributed by atoms with E-state index in [1.165, 1.54) is 0 Å². The second-order valence-electron chi connectivity index (χ2n) is 4.02. The molecule has 0 radical (unpaired) electrons. The second kappa shape index (κ2) is 6.26. The molecular formula is C11H17Cl2N3O. The number of aromatic nitrogens is 2. The van der Waals surface area contributed by atoms with Gasteiger partial charge in [-0.3, -0.25) is 0 Å². The molecule has 0 bridgehead atoms. The summed E-state index contributed by atoms with van der Waals surface area (Å²) in [5, 5.41) is 3.20. The van der Waals surface area contributed by atoms with E-state index in [1.807, 2.05) is 20.8 Å². The molecule has 0 aliphatic carbocycles. The monoisotopic (exact) mass is 277 g/mol. The van der Waals surface area contributed by atoms with Crippen molar-refractivity contribution in [2.75, 3.05) is 23.7 Å². The van der Waals surface area contributed by atoms with E-state index in [1.54, 1.807) is 6.07 Å². The van der Waals surface area contributed by atoms with Crippen LogP contribution < -0.4 is 10.1 Å². The summed E-state index contributed by atoms with van der Waals surface area (Å²) in [4.78, 5) is 8.44. The molecule has 0 fully saturated rings. The Morgan fingerprint density at radius 2 is 2.00 bits per heavy atom. The van der Waals surface area contributed by atoms with Crippen LogP contribution in [0, 0.1) is 6.92 Å². The van der Waals surface area contributed by atoms with Gasteiger partial charge >= 0.3 is 0 Å². The lowest BCUT2D eigenvalue weighted by molar-refractivity contribution is 0.325. The predicted octanol–water partition coefficient (Wildman–Crippen LogP) is 2.83. The number of aryl methyl sites for hydroxylation is 1. The van der Waals surface area contributed by atoms with E-state index >= 15 is 0 Å². The van der Waals surface area contributed by atoms with Gasteiger partial charge in [0.05, 0.1) is 12.1 Å². The molecule has 0 atom stereocenters. The maximum absolute atomic E-state index is 5.88. The second-order valence-corrected chi connectivity index (χ2v) is 4.56. The standard InChI is InChI=1S/C11H17Cl2N3O/c1-4-17-10-5-9(14-8(2)15-10)16-11(3,6-12)7-13/h5H,4,6-7H2,1-3H3,(H,14,15,16). The van der Waals surface area contributed by atoms with Crippen molar-refractivity contribution in [3.8, 4) is 5.88 Å². The van der Waals surface area contributed by atoms with E-state index in [-0.39, 0.29) is 0 Å². The zero-order valence-corrected chi connectivity index (χ0v) is 11.8. The third-order valence-electron chi connectivity index (χ3n) is 2.13. The smallest absolute Gasteiger partial charge is 0.218 e. The Morgan fingerprint density at radius 1 is 1.35 bits per heavy atom. The highest BCUT2D eigenvalue weighted by Gasteiger charge is 2.22. The van der Waals surface area contributed by atoms with E-state index in [2.05, 4.69) is 15.3 Å². The van der Waals surface area contributed by atoms with Crippen molar-refractivity contribution in [2.24, 2.45) is 0 Å². The third kappa shape index (κ3) is 4.21. The molecule has 1 aromatic heterocycles. The van der Waals surface area contributed by atoms with Gasteiger partial charge in [-0.15, -0.1) is 23.2 Å². The van der Waals surface area contributed by atoms with Crippen molar-refractivity contribution in [3.05, 3.63) is 11.9 Å². The summed E-state index contributed by atoms with van der Waals surface area (Å²) < 4.78 is 5.35. The lowest BCUT2D eigenvalue weighted by Crippen LogP contribution is -2.39. The van der Waals surface area contributed by atoms with E-state index in [4.69, 9.17) is 27.9 Å². The number of nitrogens with one attached hydrogen (secondary N) is 1. The zero-order valence-electron chi connectivity index (χ0n) is 10.3. The van der Waals surface area contributed by atoms with Crippen LogP contribution in [0.2, 0.25) is 0 Å². The number of hydrogen-bond acceptors (Lipinski definition) is 4. The minimum absolute atomic E-state index is 0.392. The van der Waals surface area contributed by atoms with Crippen LogP contribution in [0.4, 0.5) is 5.82 Å². The molecular weight excluding hydrogens is 261 g/mol. The van der Waals surface area contributed by atoms with Crippen LogP contribution in [0.1, 0.15) is 19.7 Å². The van der Waals surface area contributed by atoms with Gasteiger partial charge in [0.2, 0.25) is 5.88 Å². The molecule has 96 valence electrons. The SMILES string of the molecule is CCOc1cc(NC(C)(CCl)CCl)nc(C)n1. The van der Waals surface area contributed by atoms with E-state index < -0.39 is 5.54 Å². The Morgan fingerprint density at radius 3 is 2.53 bits per heavy atom. The van der Waals surface area contributed by atoms with Gasteiger partial charge in [-0.1, -0.05) is 0 Å². The molecule has 4 nitrogen and oxygen atoms in total. The molecule has 0 spiro atoms. The molecule has 0 aromatic carbocycles. The molecule has 0 amide bonds. The van der Waals surface area contributed by atoms with Gasteiger partial charge in [0.25, 0.3) is 0 Å². The lowest BCUT2D eigenvalue weighted by Gasteiger charge is -2.26. The topological polar surface area (TPSA) is 47.0 Å². The fourth-order valence-electron chi connectivity index (χ4n) is 1.24. The maximum atomic E-state index is 5.88. The number of halogens is 2. The summed E-state index contributed by atoms with van der Waals surface area (Å²) >= 11 is 11.8. The Balaban J connectivity index is 2.90. The molecule has 0 unspecified atom stereocenters. The van der Waals surface area contributed by atoms with Gasteiger partial charge in [0.15, 0.2) is 0 Å². The number of ether oxygens (including phenoxy) is 1. The Kier molecular flexibility index (Phi) is 5.28. The molecule has 0 aliphatic heterocycles. The quantitative estimate of drug-likeness (QED) is 0.813. The number of rotatable bonds is 6. The number of nitrogens with zero attached hydrogens (tertiary/aromatic N) is 2. The summed E-state index contributed by atoms with van der Waals surface area (Å²) in [6.45, 7) is 6.22. The van der Waals surface area contributed by atoms with Crippen LogP contribution in [0.25, 0.3) is 0 Å². The molecule has 6 heteroatoms. The first-order valence-corrected chi connectivity index (χ1v) is 6.48. The van der Waals surface area contributed by atoms with Crippen LogP contribution in [-0.4, -0.2) is 33.9 Å². The molecule has 1 N–H and O–H groups in total. The van der Waals surface area contributed by atoms with Gasteiger partial charge in [-0.2, -0.15) is 4.98 Å². The molecule has 1 heterocycles. The minimum atomic E-state index is -0.395. The normalized spacial score (nSPS) is 11.4. The fraction of sp³-hybridized carbons (Fsp3) is 0.636. The Labute approximate surface area is 112 Å². The van der Waals surface area contributed by atoms with Crippen LogP contribution in [-0.2, 0) is 0 Å². The van der Waals surface area contributed by atoms with Crippen LogP contribution >= 0.6 is 23.2 Å². The number of hydrogen-bond donors (Lipinski definition) is 1. The molecule has 17 heavy (non-hydrogen) atoms. The van der Waals surface area contributed by atoms with E-state index in [0.717, 1.165) is 0 Å². The largest absolute Gasteiger partial charge is 0.478 e. The van der Waals surface area contributed by atoms with E-state index in [0.29, 0.717) is 35.9 Å². The van der Waals surface area contributed by atoms with Gasteiger partial charge < -0.3 is 10.1 Å². The highest BCUT2D eigenvalue weighted by Crippen LogP contribution is 2.20. The molecule has 0 aliphatic rings. The highest BCUT2D eigenvalue weighted by molar-refractivity contribution is 6.22. The lowest BCUT2D eigenvalue weighted by atomic mass is 10.1. The number of anilines is 1. The molecule has 1 aromatic rings. The van der Waals surface area contributed by atoms with Crippen molar-refractivity contribution in [2.45, 2.75) is 26.3 Å². The Hall–Kier alpha value is -0.740. The summed E-state index contributed by atoms with van der Waals surface area (Å²) in [5.41, 5.74) is -0.395. The van der Waals surface area contributed by atoms with Crippen molar-refractivity contribution in [1.82, 2.24) is 9.97 Å². The maximum Gasteiger partial charge on any atom is 0.218 e. The fourth-order valence-corrected chi connectivity index (χ4v) is 1.66. The minimum Gasteiger partial charge on any atom is -0.478 e. The number of alkyl halides is 2. The Bertz CT molecular complexity index is 370. The first-order valence-electron chi connectivity index (χ1n) is 5.41. The van der Waals surface area contributed by atoms with Crippen molar-refractivity contribution in [1.29, 1.82) is 0 Å². The predicted molar refractivity (Wildman–Crippen MR) is 71.4 cm³/mol. The van der Waals surface area contributed by atoms with Crippen molar-refractivity contribution in [3.63, 3.8) is 0 Å². The van der Waals surface area contributed by atoms with Crippen molar-refractivity contribution < 1.29 is 4.74 Å². The van der Waals surface area contributed by atoms with Gasteiger partial charge in [0.1, 0.15) is 11.6 Å². The average molecular weight is 278 g/mol. The first kappa shape index (κ1) is 14.3. The van der Waals surface area contributed by atoms with Crippen LogP contribution in [0.15, 0.2) is 6.07 Å². The van der Waals surface area contributed by atoms with Gasteiger partial charge in [-0.25, -0.2) is 4.98 Å². The van der Waals surface area contributed by atoms with E-state index in [9.17, 15) is 0 Å². The summed E-state index contributed by atoms with van der Waals surface area (Å²) in [6.07, 6.45) is 0. The van der Waals surface area contributed by atoms with Gasteiger partial charge in [-0.05, 0) is 20.8 Å². The van der Waals surface area contributed by atoms with Crippen LogP contribution in [0.3, 0.4) is 0 Å². The van der Waals surface area contributed by atoms with Crippen molar-refractivity contribution >= 4 is 29.0 Å². The summed E-state index contributed by atoms with van der Waals surface area (Å²) in [5.74, 6) is 2.65. The van der Waals surface area contributed by atoms with Crippen LogP contribution in [0.5, 0.6) is 5.88 Å². The average Bonchev–Trinajstić information content (AvgIpc) is 2.28. The summed E-state index contributed by atoms with van der Waals surface area (Å²) in [7, 11) is 0. The highest BCUT2D eigenvalue weighted by atomic mass is 35.5. The van der Waals surface area contributed by atoms with Gasteiger partial charge in [0, 0.05) is 17.8 Å². The first-order chi connectivity index (χ1) is 8.03. The third-order valence-corrected chi connectivity index (χ3v) is 3.31. The molecule has 0 saturated heterocycles. The molecule has 1 rings (SSSR count). The molecule has 0 saturated carbocycles. The summed E-state index contributed by atoms with van der Waals surface area (Å²) in [6, 6.07) is 1.74.